The number of rotatable bonds is 2. The molecule has 0 aromatic carbocycles. The number of nitrogens with zero attached hydrogens (tertiary/aromatic N) is 3. The Balaban J connectivity index is 2.06. The lowest BCUT2D eigenvalue weighted by atomic mass is 10.2. The van der Waals surface area contributed by atoms with E-state index in [9.17, 15) is 0 Å². The van der Waals surface area contributed by atoms with Gasteiger partial charge in [0.1, 0.15) is 0 Å². The number of halogens is 1. The first-order chi connectivity index (χ1) is 7.83. The molecule has 0 N–H and O–H groups in total. The fourth-order valence-corrected chi connectivity index (χ4v) is 1.86. The molecule has 80 valence electrons. The van der Waals surface area contributed by atoms with E-state index in [0.29, 0.717) is 11.2 Å². The summed E-state index contributed by atoms with van der Waals surface area (Å²) in [6.45, 7) is 0. The van der Waals surface area contributed by atoms with E-state index < -0.39 is 0 Å². The predicted molar refractivity (Wildman–Crippen MR) is 62.2 cm³/mol. The lowest BCUT2D eigenvalue weighted by Crippen LogP contribution is -1.94. The van der Waals surface area contributed by atoms with Crippen LogP contribution < -0.4 is 0 Å². The fraction of sp³-hybridized carbons (Fsp3) is 0.250. The van der Waals surface area contributed by atoms with Crippen molar-refractivity contribution < 1.29 is 0 Å². The van der Waals surface area contributed by atoms with E-state index in [1.54, 1.807) is 6.20 Å². The number of hydrogen-bond donors (Lipinski definition) is 0. The molecule has 3 rings (SSSR count). The van der Waals surface area contributed by atoms with Crippen molar-refractivity contribution >= 4 is 11.6 Å². The summed E-state index contributed by atoms with van der Waals surface area (Å²) in [5, 5.41) is 0.310. The molecule has 3 nitrogen and oxygen atoms in total. The van der Waals surface area contributed by atoms with Gasteiger partial charge in [0.15, 0.2) is 0 Å². The number of hydrogen-bond acceptors (Lipinski definition) is 3. The van der Waals surface area contributed by atoms with Crippen LogP contribution in [-0.2, 0) is 0 Å². The molecule has 4 heteroatoms. The molecule has 0 amide bonds. The number of aromatic nitrogens is 3. The lowest BCUT2D eigenvalue weighted by molar-refractivity contribution is 0.988. The van der Waals surface area contributed by atoms with Crippen LogP contribution >= 0.6 is 11.6 Å². The molecule has 0 spiro atoms. The maximum atomic E-state index is 5.92. The van der Waals surface area contributed by atoms with Crippen molar-refractivity contribution in [1.29, 1.82) is 0 Å². The van der Waals surface area contributed by atoms with Gasteiger partial charge in [0, 0.05) is 17.8 Å². The highest BCUT2D eigenvalue weighted by Crippen LogP contribution is 2.40. The van der Waals surface area contributed by atoms with Crippen molar-refractivity contribution in [2.45, 2.75) is 18.8 Å². The van der Waals surface area contributed by atoms with Crippen molar-refractivity contribution in [1.82, 2.24) is 15.0 Å². The van der Waals surface area contributed by atoms with Gasteiger partial charge in [0.05, 0.1) is 11.4 Å². The Bertz CT molecular complexity index is 509. The molecular formula is C12H10ClN3. The minimum Gasteiger partial charge on any atom is -0.255 e. The van der Waals surface area contributed by atoms with Crippen molar-refractivity contribution in [2.24, 2.45) is 0 Å². The van der Waals surface area contributed by atoms with Gasteiger partial charge in [-0.05, 0) is 42.6 Å². The van der Waals surface area contributed by atoms with Crippen LogP contribution in [0.1, 0.15) is 24.5 Å². The third kappa shape index (κ3) is 1.91. The highest BCUT2D eigenvalue weighted by Gasteiger charge is 2.26. The molecule has 0 radical (unpaired) electrons. The van der Waals surface area contributed by atoms with E-state index in [4.69, 9.17) is 11.6 Å². The summed E-state index contributed by atoms with van der Waals surface area (Å²) in [7, 11) is 0. The lowest BCUT2D eigenvalue weighted by Gasteiger charge is -2.03. The maximum Gasteiger partial charge on any atom is 0.223 e. The second-order valence-corrected chi connectivity index (χ2v) is 4.27. The summed E-state index contributed by atoms with van der Waals surface area (Å²) < 4.78 is 0. The Morgan fingerprint density at radius 3 is 2.69 bits per heavy atom. The molecule has 0 aliphatic heterocycles. The van der Waals surface area contributed by atoms with Gasteiger partial charge in [-0.3, -0.25) is 4.98 Å². The van der Waals surface area contributed by atoms with Crippen LogP contribution in [0.25, 0.3) is 11.4 Å². The molecule has 0 saturated heterocycles. The van der Waals surface area contributed by atoms with Crippen LogP contribution in [-0.4, -0.2) is 15.0 Å². The summed E-state index contributed by atoms with van der Waals surface area (Å²) in [6, 6.07) is 7.74. The van der Waals surface area contributed by atoms with E-state index in [1.165, 1.54) is 12.8 Å². The molecule has 1 saturated carbocycles. The highest BCUT2D eigenvalue weighted by molar-refractivity contribution is 6.28. The molecule has 1 fully saturated rings. The maximum absolute atomic E-state index is 5.92. The Morgan fingerprint density at radius 1 is 1.12 bits per heavy atom. The first-order valence-corrected chi connectivity index (χ1v) is 5.66. The Labute approximate surface area is 98.5 Å². The summed E-state index contributed by atoms with van der Waals surface area (Å²) in [5.74, 6) is 0.572. The summed E-state index contributed by atoms with van der Waals surface area (Å²) in [6.07, 6.45) is 4.16. The molecule has 2 aromatic rings. The molecule has 2 heterocycles. The van der Waals surface area contributed by atoms with Gasteiger partial charge in [-0.15, -0.1) is 0 Å². The average Bonchev–Trinajstić information content (AvgIpc) is 3.13. The molecule has 1 aliphatic carbocycles. The van der Waals surface area contributed by atoms with Gasteiger partial charge in [0.25, 0.3) is 0 Å². The van der Waals surface area contributed by atoms with E-state index in [2.05, 4.69) is 15.0 Å². The van der Waals surface area contributed by atoms with E-state index >= 15 is 0 Å². The predicted octanol–water partition coefficient (Wildman–Crippen LogP) is 3.07. The van der Waals surface area contributed by atoms with Crippen LogP contribution in [0.2, 0.25) is 5.28 Å². The van der Waals surface area contributed by atoms with Crippen molar-refractivity contribution in [2.75, 3.05) is 0 Å². The summed E-state index contributed by atoms with van der Waals surface area (Å²) in [4.78, 5) is 12.7. The van der Waals surface area contributed by atoms with Crippen LogP contribution in [0.3, 0.4) is 0 Å². The standard InChI is InChI=1S/C12H10ClN3/c13-12-15-10(8-4-5-8)7-11(16-12)9-3-1-2-6-14-9/h1-3,6-8H,4-5H2. The quantitative estimate of drug-likeness (QED) is 0.746. The molecule has 0 atom stereocenters. The third-order valence-corrected chi connectivity index (χ3v) is 2.81. The van der Waals surface area contributed by atoms with Crippen molar-refractivity contribution in [3.63, 3.8) is 0 Å². The SMILES string of the molecule is Clc1nc(-c2ccccn2)cc(C2CC2)n1. The highest BCUT2D eigenvalue weighted by atomic mass is 35.5. The van der Waals surface area contributed by atoms with Gasteiger partial charge in [0.2, 0.25) is 5.28 Å². The zero-order valence-electron chi connectivity index (χ0n) is 8.60. The molecular weight excluding hydrogens is 222 g/mol. The monoisotopic (exact) mass is 231 g/mol. The van der Waals surface area contributed by atoms with Gasteiger partial charge in [-0.25, -0.2) is 9.97 Å². The van der Waals surface area contributed by atoms with E-state index in [0.717, 1.165) is 17.1 Å². The first kappa shape index (κ1) is 9.73. The average molecular weight is 232 g/mol. The Hall–Kier alpha value is -1.48. The van der Waals surface area contributed by atoms with Crippen LogP contribution in [0, 0.1) is 0 Å². The van der Waals surface area contributed by atoms with Gasteiger partial charge in [-0.1, -0.05) is 6.07 Å². The minimum atomic E-state index is 0.310. The number of pyridine rings is 1. The second-order valence-electron chi connectivity index (χ2n) is 3.94. The zero-order valence-corrected chi connectivity index (χ0v) is 9.35. The first-order valence-electron chi connectivity index (χ1n) is 5.29. The smallest absolute Gasteiger partial charge is 0.223 e. The van der Waals surface area contributed by atoms with Crippen LogP contribution in [0.4, 0.5) is 0 Å². The van der Waals surface area contributed by atoms with Gasteiger partial charge >= 0.3 is 0 Å². The van der Waals surface area contributed by atoms with Crippen molar-refractivity contribution in [3.8, 4) is 11.4 Å². The van der Waals surface area contributed by atoms with E-state index in [1.807, 2.05) is 24.3 Å². The minimum absolute atomic E-state index is 0.310. The van der Waals surface area contributed by atoms with E-state index in [-0.39, 0.29) is 0 Å². The summed E-state index contributed by atoms with van der Waals surface area (Å²) >= 11 is 5.92. The normalized spacial score (nSPS) is 15.1. The molecule has 0 bridgehead atoms. The Kier molecular flexibility index (Phi) is 2.33. The summed E-state index contributed by atoms with van der Waals surface area (Å²) in [5.41, 5.74) is 2.69. The molecule has 1 aliphatic rings. The third-order valence-electron chi connectivity index (χ3n) is 2.64. The zero-order chi connectivity index (χ0) is 11.0. The molecule has 0 unspecified atom stereocenters. The second kappa shape index (κ2) is 3.83. The van der Waals surface area contributed by atoms with Gasteiger partial charge < -0.3 is 0 Å². The molecule has 2 aromatic heterocycles. The van der Waals surface area contributed by atoms with Gasteiger partial charge in [-0.2, -0.15) is 0 Å². The Morgan fingerprint density at radius 2 is 2.00 bits per heavy atom. The molecule has 16 heavy (non-hydrogen) atoms. The fourth-order valence-electron chi connectivity index (χ4n) is 1.67. The largest absolute Gasteiger partial charge is 0.255 e. The van der Waals surface area contributed by atoms with Crippen LogP contribution in [0.5, 0.6) is 0 Å². The topological polar surface area (TPSA) is 38.7 Å². The van der Waals surface area contributed by atoms with Crippen LogP contribution in [0.15, 0.2) is 30.5 Å². The van der Waals surface area contributed by atoms with Crippen molar-refractivity contribution in [3.05, 3.63) is 41.4 Å².